The van der Waals surface area contributed by atoms with Crippen molar-refractivity contribution in [3.8, 4) is 11.1 Å². The Kier molecular flexibility index (Phi) is 2.37. The van der Waals surface area contributed by atoms with E-state index in [2.05, 4.69) is 0 Å². The van der Waals surface area contributed by atoms with E-state index in [9.17, 15) is 4.79 Å². The quantitative estimate of drug-likeness (QED) is 0.629. The van der Waals surface area contributed by atoms with Crippen LogP contribution in [0.1, 0.15) is 0 Å². The maximum absolute atomic E-state index is 11.4. The first-order chi connectivity index (χ1) is 7.16. The van der Waals surface area contributed by atoms with E-state index in [1.807, 2.05) is 42.2 Å². The Labute approximate surface area is 88.2 Å². The second kappa shape index (κ2) is 3.69. The summed E-state index contributed by atoms with van der Waals surface area (Å²) in [6.07, 6.45) is 5.71. The topological polar surface area (TPSA) is 25.9 Å². The van der Waals surface area contributed by atoms with E-state index < -0.39 is 0 Å². The summed E-state index contributed by atoms with van der Waals surface area (Å²) in [4.78, 5) is 11.4. The Balaban J connectivity index is 2.50. The van der Waals surface area contributed by atoms with Crippen LogP contribution in [0.2, 0.25) is 0 Å². The van der Waals surface area contributed by atoms with Crippen LogP contribution in [0.15, 0.2) is 47.7 Å². The zero-order valence-corrected chi connectivity index (χ0v) is 8.84. The molecule has 0 unspecified atom stereocenters. The Bertz CT molecular complexity index is 526. The van der Waals surface area contributed by atoms with Gasteiger partial charge in [0.1, 0.15) is 7.05 Å². The van der Waals surface area contributed by atoms with Crippen LogP contribution in [0, 0.1) is 0 Å². The largest absolute Gasteiger partial charge is 0.319 e. The number of aryl methyl sites for hydroxylation is 2. The standard InChI is InChI=1S/C12H13N2O/c1-13-6-3-10(4-7-13)11-5-8-14(2)12(15)9-11/h3-9H,1-2H3/q+1. The molecule has 15 heavy (non-hydrogen) atoms. The summed E-state index contributed by atoms with van der Waals surface area (Å²) in [5.41, 5.74) is 2.03. The number of hydrogen-bond acceptors (Lipinski definition) is 1. The SMILES string of the molecule is Cn1ccc(-c2cc[n+](C)cc2)cc1=O. The fraction of sp³-hybridized carbons (Fsp3) is 0.167. The maximum Gasteiger partial charge on any atom is 0.250 e. The van der Waals surface area contributed by atoms with Gasteiger partial charge in [0.25, 0.3) is 5.56 Å². The molecule has 0 fully saturated rings. The fourth-order valence-electron chi connectivity index (χ4n) is 1.42. The molecule has 0 spiro atoms. The average molecular weight is 201 g/mol. The zero-order valence-electron chi connectivity index (χ0n) is 8.84. The van der Waals surface area contributed by atoms with Crippen LogP contribution in [-0.4, -0.2) is 4.57 Å². The predicted molar refractivity (Wildman–Crippen MR) is 58.3 cm³/mol. The van der Waals surface area contributed by atoms with Gasteiger partial charge in [-0.15, -0.1) is 0 Å². The third-order valence-electron chi connectivity index (χ3n) is 2.42. The normalized spacial score (nSPS) is 10.3. The molecule has 0 aliphatic carbocycles. The maximum atomic E-state index is 11.4. The molecule has 2 rings (SSSR count). The number of nitrogens with zero attached hydrogens (tertiary/aromatic N) is 2. The van der Waals surface area contributed by atoms with Gasteiger partial charge in [0.2, 0.25) is 0 Å². The molecule has 2 aromatic heterocycles. The lowest BCUT2D eigenvalue weighted by atomic mass is 10.1. The monoisotopic (exact) mass is 201 g/mol. The van der Waals surface area contributed by atoms with Gasteiger partial charge in [0, 0.05) is 31.4 Å². The summed E-state index contributed by atoms with van der Waals surface area (Å²) in [6.45, 7) is 0. The number of aromatic nitrogens is 2. The minimum atomic E-state index is 0.0146. The molecule has 0 bridgehead atoms. The lowest BCUT2D eigenvalue weighted by Gasteiger charge is -2.01. The van der Waals surface area contributed by atoms with Gasteiger partial charge >= 0.3 is 0 Å². The van der Waals surface area contributed by atoms with Crippen molar-refractivity contribution in [1.82, 2.24) is 4.57 Å². The number of hydrogen-bond donors (Lipinski definition) is 0. The van der Waals surface area contributed by atoms with Gasteiger partial charge < -0.3 is 4.57 Å². The van der Waals surface area contributed by atoms with Crippen LogP contribution in [0.4, 0.5) is 0 Å². The first-order valence-corrected chi connectivity index (χ1v) is 4.79. The summed E-state index contributed by atoms with van der Waals surface area (Å²) in [7, 11) is 3.71. The lowest BCUT2D eigenvalue weighted by Crippen LogP contribution is -2.25. The zero-order chi connectivity index (χ0) is 10.8. The highest BCUT2D eigenvalue weighted by molar-refractivity contribution is 5.61. The molecule has 0 saturated carbocycles. The Hall–Kier alpha value is -1.90. The number of rotatable bonds is 1. The summed E-state index contributed by atoms with van der Waals surface area (Å²) >= 11 is 0. The van der Waals surface area contributed by atoms with Crippen molar-refractivity contribution in [2.45, 2.75) is 0 Å². The molecule has 0 atom stereocenters. The van der Waals surface area contributed by atoms with Gasteiger partial charge in [-0.1, -0.05) is 0 Å². The van der Waals surface area contributed by atoms with Crippen LogP contribution in [0.25, 0.3) is 11.1 Å². The molecule has 0 aliphatic rings. The van der Waals surface area contributed by atoms with E-state index in [-0.39, 0.29) is 5.56 Å². The van der Waals surface area contributed by atoms with E-state index in [1.165, 1.54) is 0 Å². The molecular formula is C12H13N2O+. The van der Waals surface area contributed by atoms with Crippen LogP contribution in [-0.2, 0) is 14.1 Å². The van der Waals surface area contributed by atoms with Gasteiger partial charge in [-0.25, -0.2) is 4.57 Å². The van der Waals surface area contributed by atoms with Crippen LogP contribution in [0.5, 0.6) is 0 Å². The molecule has 0 aromatic carbocycles. The van der Waals surface area contributed by atoms with E-state index in [0.717, 1.165) is 11.1 Å². The van der Waals surface area contributed by atoms with Crippen LogP contribution >= 0.6 is 0 Å². The third kappa shape index (κ3) is 1.96. The second-order valence-corrected chi connectivity index (χ2v) is 3.62. The van der Waals surface area contributed by atoms with Crippen molar-refractivity contribution in [2.24, 2.45) is 14.1 Å². The molecule has 3 heteroatoms. The predicted octanol–water partition coefficient (Wildman–Crippen LogP) is 0.877. The average Bonchev–Trinajstić information content (AvgIpc) is 2.23. The van der Waals surface area contributed by atoms with Gasteiger partial charge in [-0.05, 0) is 17.2 Å². The lowest BCUT2D eigenvalue weighted by molar-refractivity contribution is -0.671. The molecule has 0 amide bonds. The molecule has 2 aromatic rings. The van der Waals surface area contributed by atoms with Gasteiger partial charge in [-0.3, -0.25) is 4.79 Å². The van der Waals surface area contributed by atoms with Crippen molar-refractivity contribution in [3.63, 3.8) is 0 Å². The van der Waals surface area contributed by atoms with E-state index in [0.29, 0.717) is 0 Å². The Morgan fingerprint density at radius 3 is 2.40 bits per heavy atom. The summed E-state index contributed by atoms with van der Waals surface area (Å²) < 4.78 is 3.52. The van der Waals surface area contributed by atoms with Crippen LogP contribution in [0.3, 0.4) is 0 Å². The highest BCUT2D eigenvalue weighted by Gasteiger charge is 2.00. The molecular weight excluding hydrogens is 188 g/mol. The summed E-state index contributed by atoms with van der Waals surface area (Å²) in [5, 5.41) is 0. The molecule has 0 saturated heterocycles. The van der Waals surface area contributed by atoms with Crippen molar-refractivity contribution in [3.05, 3.63) is 53.2 Å². The Morgan fingerprint density at radius 1 is 1.13 bits per heavy atom. The van der Waals surface area contributed by atoms with E-state index in [1.54, 1.807) is 23.9 Å². The van der Waals surface area contributed by atoms with Crippen molar-refractivity contribution < 1.29 is 4.57 Å². The third-order valence-corrected chi connectivity index (χ3v) is 2.42. The molecule has 2 heterocycles. The van der Waals surface area contributed by atoms with Crippen molar-refractivity contribution >= 4 is 0 Å². The van der Waals surface area contributed by atoms with E-state index in [4.69, 9.17) is 0 Å². The van der Waals surface area contributed by atoms with Gasteiger partial charge in [0.05, 0.1) is 0 Å². The minimum absolute atomic E-state index is 0.0146. The van der Waals surface area contributed by atoms with Gasteiger partial charge in [-0.2, -0.15) is 0 Å². The van der Waals surface area contributed by atoms with Crippen molar-refractivity contribution in [2.75, 3.05) is 0 Å². The van der Waals surface area contributed by atoms with E-state index >= 15 is 0 Å². The minimum Gasteiger partial charge on any atom is -0.319 e. The first-order valence-electron chi connectivity index (χ1n) is 4.79. The first kappa shape index (κ1) is 9.65. The smallest absolute Gasteiger partial charge is 0.250 e. The highest BCUT2D eigenvalue weighted by Crippen LogP contribution is 2.14. The molecule has 0 aliphatic heterocycles. The fourth-order valence-corrected chi connectivity index (χ4v) is 1.42. The molecule has 76 valence electrons. The molecule has 0 N–H and O–H groups in total. The van der Waals surface area contributed by atoms with Crippen molar-refractivity contribution in [1.29, 1.82) is 0 Å². The number of pyridine rings is 2. The summed E-state index contributed by atoms with van der Waals surface area (Å²) in [5.74, 6) is 0. The highest BCUT2D eigenvalue weighted by atomic mass is 16.1. The molecule has 0 radical (unpaired) electrons. The summed E-state index contributed by atoms with van der Waals surface area (Å²) in [6, 6.07) is 7.58. The second-order valence-electron chi connectivity index (χ2n) is 3.62. The molecule has 3 nitrogen and oxygen atoms in total. The Morgan fingerprint density at radius 2 is 1.80 bits per heavy atom. The van der Waals surface area contributed by atoms with Gasteiger partial charge in [0.15, 0.2) is 12.4 Å². The van der Waals surface area contributed by atoms with Crippen LogP contribution < -0.4 is 10.1 Å².